The molecule has 0 saturated carbocycles. The van der Waals surface area contributed by atoms with Gasteiger partial charge in [0, 0.05) is 36.8 Å². The molecule has 8 heteroatoms. The summed E-state index contributed by atoms with van der Waals surface area (Å²) in [6.45, 7) is 4.27. The van der Waals surface area contributed by atoms with Gasteiger partial charge in [0.1, 0.15) is 11.5 Å². The van der Waals surface area contributed by atoms with E-state index >= 15 is 0 Å². The van der Waals surface area contributed by atoms with E-state index in [4.69, 9.17) is 21.1 Å². The Hall–Kier alpha value is -2.87. The van der Waals surface area contributed by atoms with Gasteiger partial charge in [-0.05, 0) is 42.3 Å². The van der Waals surface area contributed by atoms with Crippen molar-refractivity contribution in [1.29, 1.82) is 0 Å². The van der Waals surface area contributed by atoms with E-state index in [-0.39, 0.29) is 11.3 Å². The summed E-state index contributed by atoms with van der Waals surface area (Å²) in [4.78, 5) is 30.0. The second-order valence-electron chi connectivity index (χ2n) is 8.05. The molecule has 7 nitrogen and oxygen atoms in total. The standard InChI is InChI=1S/C25H27ClN2O5/c1-32-18-9-7-17(8-10-18)23(29)21-22(19-5-2-3-6-20(19)26)28(25(31)24(21)30)12-4-11-27-13-15-33-16-14-27/h2-3,5-10,22,29H,4,11-16H2,1H3. The number of aliphatic hydroxyl groups is 1. The third-order valence-corrected chi connectivity index (χ3v) is 6.42. The molecule has 174 valence electrons. The number of rotatable bonds is 7. The minimum atomic E-state index is -0.759. The highest BCUT2D eigenvalue weighted by Gasteiger charge is 2.46. The number of carbonyl (C=O) groups excluding carboxylic acids is 2. The number of Topliss-reactive ketones (excluding diaryl/α,β-unsaturated/α-hetero) is 1. The van der Waals surface area contributed by atoms with Crippen molar-refractivity contribution in [3.05, 3.63) is 70.3 Å². The molecule has 2 aliphatic heterocycles. The van der Waals surface area contributed by atoms with Crippen LogP contribution in [0.3, 0.4) is 0 Å². The number of likely N-dealkylation sites (tertiary alicyclic amines) is 1. The van der Waals surface area contributed by atoms with Crippen LogP contribution in [0.25, 0.3) is 5.76 Å². The van der Waals surface area contributed by atoms with Crippen LogP contribution in [0.4, 0.5) is 0 Å². The molecule has 2 aliphatic rings. The lowest BCUT2D eigenvalue weighted by Gasteiger charge is -2.29. The van der Waals surface area contributed by atoms with E-state index < -0.39 is 17.7 Å². The SMILES string of the molecule is COc1ccc(C(O)=C2C(=O)C(=O)N(CCCN3CCOCC3)C2c2ccccc2Cl)cc1. The Morgan fingerprint density at radius 1 is 1.09 bits per heavy atom. The van der Waals surface area contributed by atoms with Crippen molar-refractivity contribution < 1.29 is 24.2 Å². The van der Waals surface area contributed by atoms with Crippen molar-refractivity contribution in [2.24, 2.45) is 0 Å². The first-order valence-electron chi connectivity index (χ1n) is 11.0. The average molecular weight is 471 g/mol. The van der Waals surface area contributed by atoms with E-state index in [1.165, 1.54) is 4.90 Å². The van der Waals surface area contributed by atoms with Crippen molar-refractivity contribution in [3.8, 4) is 5.75 Å². The van der Waals surface area contributed by atoms with Crippen molar-refractivity contribution >= 4 is 29.1 Å². The zero-order chi connectivity index (χ0) is 23.4. The minimum absolute atomic E-state index is 0.0460. The molecule has 0 aromatic heterocycles. The maximum atomic E-state index is 13.1. The zero-order valence-electron chi connectivity index (χ0n) is 18.5. The van der Waals surface area contributed by atoms with Gasteiger partial charge in [-0.25, -0.2) is 0 Å². The third-order valence-electron chi connectivity index (χ3n) is 6.08. The maximum absolute atomic E-state index is 13.1. The van der Waals surface area contributed by atoms with Crippen LogP contribution >= 0.6 is 11.6 Å². The predicted molar refractivity (Wildman–Crippen MR) is 125 cm³/mol. The topological polar surface area (TPSA) is 79.3 Å². The molecule has 0 radical (unpaired) electrons. The number of morpholine rings is 1. The summed E-state index contributed by atoms with van der Waals surface area (Å²) in [7, 11) is 1.55. The summed E-state index contributed by atoms with van der Waals surface area (Å²) >= 11 is 6.48. The Balaban J connectivity index is 1.67. The van der Waals surface area contributed by atoms with Crippen LogP contribution in [0.15, 0.2) is 54.1 Å². The van der Waals surface area contributed by atoms with Gasteiger partial charge in [-0.15, -0.1) is 0 Å². The zero-order valence-corrected chi connectivity index (χ0v) is 19.3. The van der Waals surface area contributed by atoms with Gasteiger partial charge in [0.15, 0.2) is 0 Å². The number of ketones is 1. The van der Waals surface area contributed by atoms with E-state index in [2.05, 4.69) is 4.90 Å². The summed E-state index contributed by atoms with van der Waals surface area (Å²) in [5.41, 5.74) is 1.09. The molecule has 2 aromatic carbocycles. The summed E-state index contributed by atoms with van der Waals surface area (Å²) in [6, 6.07) is 13.0. The van der Waals surface area contributed by atoms with Crippen LogP contribution in [0.5, 0.6) is 5.75 Å². The summed E-state index contributed by atoms with van der Waals surface area (Å²) in [5.74, 6) is -0.939. The number of ether oxygens (including phenoxy) is 2. The lowest BCUT2D eigenvalue weighted by Crippen LogP contribution is -2.39. The van der Waals surface area contributed by atoms with Crippen LogP contribution in [0, 0.1) is 0 Å². The molecule has 33 heavy (non-hydrogen) atoms. The largest absolute Gasteiger partial charge is 0.507 e. The molecule has 0 aliphatic carbocycles. The van der Waals surface area contributed by atoms with E-state index in [9.17, 15) is 14.7 Å². The monoisotopic (exact) mass is 470 g/mol. The van der Waals surface area contributed by atoms with Gasteiger partial charge in [-0.2, -0.15) is 0 Å². The molecule has 1 N–H and O–H groups in total. The quantitative estimate of drug-likeness (QED) is 0.379. The summed E-state index contributed by atoms with van der Waals surface area (Å²) in [6.07, 6.45) is 0.691. The van der Waals surface area contributed by atoms with Crippen LogP contribution in [0.2, 0.25) is 5.02 Å². The van der Waals surface area contributed by atoms with Crippen molar-refractivity contribution in [3.63, 3.8) is 0 Å². The van der Waals surface area contributed by atoms with Crippen molar-refractivity contribution in [2.45, 2.75) is 12.5 Å². The van der Waals surface area contributed by atoms with Gasteiger partial charge >= 0.3 is 0 Å². The first-order chi connectivity index (χ1) is 16.0. The number of aliphatic hydroxyl groups excluding tert-OH is 1. The normalized spacial score (nSPS) is 20.9. The molecular formula is C25H27ClN2O5. The Morgan fingerprint density at radius 3 is 2.45 bits per heavy atom. The number of benzene rings is 2. The highest BCUT2D eigenvalue weighted by atomic mass is 35.5. The second-order valence-corrected chi connectivity index (χ2v) is 8.46. The molecule has 4 rings (SSSR count). The van der Waals surface area contributed by atoms with Gasteiger partial charge < -0.3 is 19.5 Å². The lowest BCUT2D eigenvalue weighted by atomic mass is 9.95. The molecule has 2 aromatic rings. The molecule has 2 saturated heterocycles. The van der Waals surface area contributed by atoms with Gasteiger partial charge in [0.2, 0.25) is 0 Å². The Bertz CT molecular complexity index is 1050. The fourth-order valence-electron chi connectivity index (χ4n) is 4.32. The van der Waals surface area contributed by atoms with Crippen LogP contribution in [-0.4, -0.2) is 73.1 Å². The fraction of sp³-hybridized carbons (Fsp3) is 0.360. The highest BCUT2D eigenvalue weighted by molar-refractivity contribution is 6.47. The number of hydrogen-bond donors (Lipinski definition) is 1. The molecular weight excluding hydrogens is 444 g/mol. The Labute approximate surface area is 198 Å². The van der Waals surface area contributed by atoms with Gasteiger partial charge in [-0.3, -0.25) is 14.5 Å². The van der Waals surface area contributed by atoms with Gasteiger partial charge in [0.05, 0.1) is 31.9 Å². The molecule has 1 amide bonds. The molecule has 2 heterocycles. The second kappa shape index (κ2) is 10.4. The minimum Gasteiger partial charge on any atom is -0.507 e. The Kier molecular flexibility index (Phi) is 7.33. The van der Waals surface area contributed by atoms with E-state index in [1.54, 1.807) is 49.6 Å². The fourth-order valence-corrected chi connectivity index (χ4v) is 4.56. The van der Waals surface area contributed by atoms with E-state index in [0.717, 1.165) is 19.6 Å². The van der Waals surface area contributed by atoms with Crippen LogP contribution in [0.1, 0.15) is 23.6 Å². The van der Waals surface area contributed by atoms with Crippen LogP contribution in [-0.2, 0) is 14.3 Å². The number of hydrogen-bond acceptors (Lipinski definition) is 6. The number of methoxy groups -OCH3 is 1. The molecule has 1 unspecified atom stereocenters. The number of nitrogens with zero attached hydrogens (tertiary/aromatic N) is 2. The van der Waals surface area contributed by atoms with Gasteiger partial charge in [0.25, 0.3) is 11.7 Å². The van der Waals surface area contributed by atoms with Crippen molar-refractivity contribution in [1.82, 2.24) is 9.80 Å². The predicted octanol–water partition coefficient (Wildman–Crippen LogP) is 3.49. The lowest BCUT2D eigenvalue weighted by molar-refractivity contribution is -0.140. The summed E-state index contributed by atoms with van der Waals surface area (Å²) < 4.78 is 10.6. The third kappa shape index (κ3) is 4.90. The average Bonchev–Trinajstić information content (AvgIpc) is 3.09. The smallest absolute Gasteiger partial charge is 0.295 e. The summed E-state index contributed by atoms with van der Waals surface area (Å²) in [5, 5.41) is 11.5. The number of carbonyl (C=O) groups is 2. The van der Waals surface area contributed by atoms with Crippen LogP contribution < -0.4 is 4.74 Å². The molecule has 0 spiro atoms. The van der Waals surface area contributed by atoms with Crippen molar-refractivity contribution in [2.75, 3.05) is 46.5 Å². The highest BCUT2D eigenvalue weighted by Crippen LogP contribution is 2.41. The first kappa shape index (κ1) is 23.3. The number of amides is 1. The molecule has 2 fully saturated rings. The van der Waals surface area contributed by atoms with E-state index in [0.29, 0.717) is 48.1 Å². The van der Waals surface area contributed by atoms with Gasteiger partial charge in [-0.1, -0.05) is 29.8 Å². The maximum Gasteiger partial charge on any atom is 0.295 e. The molecule has 1 atom stereocenters. The Morgan fingerprint density at radius 2 is 1.79 bits per heavy atom. The van der Waals surface area contributed by atoms with E-state index in [1.807, 2.05) is 6.07 Å². The number of halogens is 1. The molecule has 0 bridgehead atoms. The first-order valence-corrected chi connectivity index (χ1v) is 11.4.